The fourth-order valence-electron chi connectivity index (χ4n) is 2.35. The summed E-state index contributed by atoms with van der Waals surface area (Å²) in [5.74, 6) is 1.08. The van der Waals surface area contributed by atoms with E-state index in [4.69, 9.17) is 0 Å². The van der Waals surface area contributed by atoms with Crippen LogP contribution in [-0.4, -0.2) is 29.9 Å². The molecule has 0 atom stereocenters. The maximum atomic E-state index is 4.65. The Kier molecular flexibility index (Phi) is 3.19. The number of benzene rings is 1. The van der Waals surface area contributed by atoms with E-state index in [9.17, 15) is 0 Å². The molecule has 4 rings (SSSR count). The van der Waals surface area contributed by atoms with Crippen LogP contribution >= 0.6 is 11.3 Å². The van der Waals surface area contributed by atoms with E-state index in [1.807, 2.05) is 19.2 Å². The van der Waals surface area contributed by atoms with Crippen molar-refractivity contribution in [3.8, 4) is 0 Å². The molecule has 3 heterocycles. The van der Waals surface area contributed by atoms with Gasteiger partial charge in [-0.15, -0.1) is 16.4 Å². The second-order valence-electron chi connectivity index (χ2n) is 5.62. The van der Waals surface area contributed by atoms with Crippen LogP contribution in [0.5, 0.6) is 0 Å². The SMILES string of the molecule is CC(C)c1nc2ccc(Nc3ncnc4c3nnn4C)cc2s1. The Morgan fingerprint density at radius 2 is 2.09 bits per heavy atom. The first-order chi connectivity index (χ1) is 11.1. The molecule has 0 aliphatic rings. The summed E-state index contributed by atoms with van der Waals surface area (Å²) in [4.78, 5) is 13.1. The third kappa shape index (κ3) is 2.40. The number of hydrogen-bond acceptors (Lipinski definition) is 7. The van der Waals surface area contributed by atoms with Gasteiger partial charge in [-0.3, -0.25) is 0 Å². The zero-order chi connectivity index (χ0) is 16.0. The van der Waals surface area contributed by atoms with Crippen LogP contribution in [0, 0.1) is 0 Å². The monoisotopic (exact) mass is 325 g/mol. The van der Waals surface area contributed by atoms with Gasteiger partial charge in [-0.05, 0) is 18.2 Å². The lowest BCUT2D eigenvalue weighted by atomic mass is 10.2. The zero-order valence-electron chi connectivity index (χ0n) is 13.0. The average molecular weight is 325 g/mol. The lowest BCUT2D eigenvalue weighted by Crippen LogP contribution is -1.97. The normalized spacial score (nSPS) is 11.7. The molecule has 116 valence electrons. The highest BCUT2D eigenvalue weighted by atomic mass is 32.1. The molecule has 0 radical (unpaired) electrons. The van der Waals surface area contributed by atoms with Gasteiger partial charge in [0.1, 0.15) is 6.33 Å². The van der Waals surface area contributed by atoms with Crippen LogP contribution in [0.2, 0.25) is 0 Å². The third-order valence-corrected chi connectivity index (χ3v) is 4.87. The van der Waals surface area contributed by atoms with Crippen molar-refractivity contribution in [1.82, 2.24) is 29.9 Å². The van der Waals surface area contributed by atoms with Gasteiger partial charge in [0, 0.05) is 18.7 Å². The number of fused-ring (bicyclic) bond motifs is 2. The van der Waals surface area contributed by atoms with Gasteiger partial charge in [0.25, 0.3) is 0 Å². The number of thiazole rings is 1. The Morgan fingerprint density at radius 1 is 1.22 bits per heavy atom. The maximum Gasteiger partial charge on any atom is 0.183 e. The molecule has 0 saturated heterocycles. The van der Waals surface area contributed by atoms with Crippen LogP contribution in [-0.2, 0) is 7.05 Å². The molecule has 0 unspecified atom stereocenters. The molecule has 0 amide bonds. The first-order valence-corrected chi connectivity index (χ1v) is 8.11. The molecule has 0 spiro atoms. The second kappa shape index (κ2) is 5.24. The van der Waals surface area contributed by atoms with E-state index < -0.39 is 0 Å². The summed E-state index contributed by atoms with van der Waals surface area (Å²) in [5, 5.41) is 12.6. The van der Waals surface area contributed by atoms with Gasteiger partial charge in [-0.25, -0.2) is 19.6 Å². The Bertz CT molecular complexity index is 1000. The highest BCUT2D eigenvalue weighted by Gasteiger charge is 2.11. The summed E-state index contributed by atoms with van der Waals surface area (Å²) in [7, 11) is 1.81. The summed E-state index contributed by atoms with van der Waals surface area (Å²) < 4.78 is 2.78. The Labute approximate surface area is 136 Å². The highest BCUT2D eigenvalue weighted by molar-refractivity contribution is 7.18. The van der Waals surface area contributed by atoms with Gasteiger partial charge in [0.2, 0.25) is 0 Å². The number of aromatic nitrogens is 6. The van der Waals surface area contributed by atoms with Crippen LogP contribution < -0.4 is 5.32 Å². The molecule has 4 aromatic rings. The van der Waals surface area contributed by atoms with E-state index in [0.717, 1.165) is 20.9 Å². The molecule has 0 bridgehead atoms. The van der Waals surface area contributed by atoms with E-state index >= 15 is 0 Å². The molecule has 0 aliphatic carbocycles. The van der Waals surface area contributed by atoms with Crippen molar-refractivity contribution >= 4 is 44.2 Å². The largest absolute Gasteiger partial charge is 0.338 e. The van der Waals surface area contributed by atoms with Crippen molar-refractivity contribution in [2.75, 3.05) is 5.32 Å². The lowest BCUT2D eigenvalue weighted by Gasteiger charge is -2.05. The molecule has 1 aromatic carbocycles. The first kappa shape index (κ1) is 14.0. The van der Waals surface area contributed by atoms with E-state index in [-0.39, 0.29) is 0 Å². The average Bonchev–Trinajstić information content (AvgIpc) is 3.12. The summed E-state index contributed by atoms with van der Waals surface area (Å²) in [5.41, 5.74) is 3.32. The predicted molar refractivity (Wildman–Crippen MR) is 91.1 cm³/mol. The second-order valence-corrected chi connectivity index (χ2v) is 6.68. The zero-order valence-corrected chi connectivity index (χ0v) is 13.8. The Balaban J connectivity index is 1.74. The first-order valence-electron chi connectivity index (χ1n) is 7.29. The lowest BCUT2D eigenvalue weighted by molar-refractivity contribution is 0.729. The van der Waals surface area contributed by atoms with E-state index in [0.29, 0.717) is 22.9 Å². The molecule has 1 N–H and O–H groups in total. The maximum absolute atomic E-state index is 4.65. The standard InChI is InChI=1S/C15H15N7S/c1-8(2)15-19-10-5-4-9(6-11(10)23-15)18-13-12-14(17-7-16-13)22(3)21-20-12/h4-8H,1-3H3,(H,16,17,18). The fraction of sp³-hybridized carbons (Fsp3) is 0.267. The van der Waals surface area contributed by atoms with Crippen molar-refractivity contribution in [3.63, 3.8) is 0 Å². The number of nitrogens with one attached hydrogen (secondary N) is 1. The number of aryl methyl sites for hydroxylation is 1. The van der Waals surface area contributed by atoms with Crippen LogP contribution in [0.3, 0.4) is 0 Å². The summed E-state index contributed by atoms with van der Waals surface area (Å²) >= 11 is 1.72. The van der Waals surface area contributed by atoms with Gasteiger partial charge < -0.3 is 5.32 Å². The van der Waals surface area contributed by atoms with E-state index in [1.54, 1.807) is 16.0 Å². The van der Waals surface area contributed by atoms with Gasteiger partial charge in [0.15, 0.2) is 17.0 Å². The number of hydrogen-bond donors (Lipinski definition) is 1. The number of rotatable bonds is 3. The smallest absolute Gasteiger partial charge is 0.183 e. The molecule has 0 aliphatic heterocycles. The molecule has 7 nitrogen and oxygen atoms in total. The van der Waals surface area contributed by atoms with Gasteiger partial charge >= 0.3 is 0 Å². The van der Waals surface area contributed by atoms with Crippen LogP contribution in [0.1, 0.15) is 24.8 Å². The molecule has 0 saturated carbocycles. The molecule has 8 heteroatoms. The van der Waals surface area contributed by atoms with Crippen molar-refractivity contribution in [3.05, 3.63) is 29.5 Å². The Morgan fingerprint density at radius 3 is 2.91 bits per heavy atom. The van der Waals surface area contributed by atoms with Gasteiger partial charge in [0.05, 0.1) is 15.2 Å². The Hall–Kier alpha value is -2.61. The minimum atomic E-state index is 0.435. The van der Waals surface area contributed by atoms with Crippen molar-refractivity contribution in [2.24, 2.45) is 7.05 Å². The van der Waals surface area contributed by atoms with Crippen LogP contribution in [0.15, 0.2) is 24.5 Å². The van der Waals surface area contributed by atoms with Crippen LogP contribution in [0.25, 0.3) is 21.4 Å². The van der Waals surface area contributed by atoms with Crippen molar-refractivity contribution < 1.29 is 0 Å². The van der Waals surface area contributed by atoms with E-state index in [1.165, 1.54) is 6.33 Å². The minimum Gasteiger partial charge on any atom is -0.338 e. The van der Waals surface area contributed by atoms with Crippen molar-refractivity contribution in [2.45, 2.75) is 19.8 Å². The topological polar surface area (TPSA) is 81.4 Å². The van der Waals surface area contributed by atoms with E-state index in [2.05, 4.69) is 50.5 Å². The number of anilines is 2. The van der Waals surface area contributed by atoms with Crippen molar-refractivity contribution in [1.29, 1.82) is 0 Å². The highest BCUT2D eigenvalue weighted by Crippen LogP contribution is 2.30. The van der Waals surface area contributed by atoms with Gasteiger partial charge in [-0.2, -0.15) is 0 Å². The molecular formula is C15H15N7S. The van der Waals surface area contributed by atoms with Crippen LogP contribution in [0.4, 0.5) is 11.5 Å². The minimum absolute atomic E-state index is 0.435. The molecular weight excluding hydrogens is 310 g/mol. The summed E-state index contributed by atoms with van der Waals surface area (Å²) in [6.07, 6.45) is 1.51. The van der Waals surface area contributed by atoms with Gasteiger partial charge in [-0.1, -0.05) is 19.1 Å². The molecule has 3 aromatic heterocycles. The molecule has 23 heavy (non-hydrogen) atoms. The third-order valence-electron chi connectivity index (χ3n) is 3.55. The fourth-order valence-corrected chi connectivity index (χ4v) is 3.36. The predicted octanol–water partition coefficient (Wildman–Crippen LogP) is 3.24. The summed E-state index contributed by atoms with van der Waals surface area (Å²) in [6, 6.07) is 6.11. The molecule has 0 fully saturated rings. The quantitative estimate of drug-likeness (QED) is 0.623. The number of nitrogens with zero attached hydrogens (tertiary/aromatic N) is 6. The summed E-state index contributed by atoms with van der Waals surface area (Å²) in [6.45, 7) is 4.31.